The molecule has 0 unspecified atom stereocenters. The number of imide groups is 1. The number of halogens is 2. The Hall–Kier alpha value is -4.25. The molecule has 36 heavy (non-hydrogen) atoms. The number of rotatable bonds is 7. The maximum Gasteiger partial charge on any atom is 0.338 e. The molecule has 8 nitrogen and oxygen atoms in total. The van der Waals surface area contributed by atoms with Crippen LogP contribution >= 0.6 is 11.8 Å². The van der Waals surface area contributed by atoms with Gasteiger partial charge in [-0.25, -0.2) is 13.6 Å². The lowest BCUT2D eigenvalue weighted by Crippen LogP contribution is -2.36. The zero-order chi connectivity index (χ0) is 25.8. The van der Waals surface area contributed by atoms with E-state index >= 15 is 0 Å². The fourth-order valence-corrected chi connectivity index (χ4v) is 4.08. The summed E-state index contributed by atoms with van der Waals surface area (Å²) in [5, 5.41) is 1.53. The van der Waals surface area contributed by atoms with Gasteiger partial charge in [0, 0.05) is 17.7 Å². The Morgan fingerprint density at radius 1 is 1.08 bits per heavy atom. The summed E-state index contributed by atoms with van der Waals surface area (Å²) in [7, 11) is 0. The summed E-state index contributed by atoms with van der Waals surface area (Å²) in [6.07, 6.45) is 1.37. The molecule has 2 aromatic carbocycles. The highest BCUT2D eigenvalue weighted by atomic mass is 32.2. The number of nitrogens with zero attached hydrogens (tertiary/aromatic N) is 1. The number of esters is 1. The predicted octanol–water partition coefficient (Wildman–Crippen LogP) is 5.08. The number of furan rings is 1. The van der Waals surface area contributed by atoms with E-state index in [0.717, 1.165) is 12.1 Å². The highest BCUT2D eigenvalue weighted by Gasteiger charge is 2.36. The van der Waals surface area contributed by atoms with Gasteiger partial charge >= 0.3 is 5.97 Å². The molecular formula is C25H18F2N2O6S. The minimum atomic E-state index is -0.985. The van der Waals surface area contributed by atoms with Crippen molar-refractivity contribution in [1.29, 1.82) is 0 Å². The largest absolute Gasteiger partial charge is 0.462 e. The van der Waals surface area contributed by atoms with Crippen molar-refractivity contribution in [3.05, 3.63) is 82.5 Å². The van der Waals surface area contributed by atoms with Crippen LogP contribution in [0.3, 0.4) is 0 Å². The standard InChI is InChI=1S/C25H18F2N2O6S/c1-2-34-24(32)15-5-3-14(4-6-15)20-10-8-17(35-20)12-21-23(31)29(25(33)36-21)13-22(30)28-19-9-7-16(26)11-18(19)27/h3-12H,2,13H2,1H3,(H,28,30)/b21-12+. The second-order valence-corrected chi connectivity index (χ2v) is 8.43. The average Bonchev–Trinajstić information content (AvgIpc) is 3.41. The summed E-state index contributed by atoms with van der Waals surface area (Å²) in [6, 6.07) is 12.4. The highest BCUT2D eigenvalue weighted by molar-refractivity contribution is 8.18. The van der Waals surface area contributed by atoms with Crippen molar-refractivity contribution in [2.24, 2.45) is 0 Å². The second kappa shape index (κ2) is 10.6. The number of carbonyl (C=O) groups excluding carboxylic acids is 4. The summed E-state index contributed by atoms with van der Waals surface area (Å²) < 4.78 is 37.5. The van der Waals surface area contributed by atoms with Gasteiger partial charge in [0.2, 0.25) is 5.91 Å². The molecule has 1 aromatic heterocycles. The number of ether oxygens (including phenoxy) is 1. The van der Waals surface area contributed by atoms with Crippen molar-refractivity contribution in [1.82, 2.24) is 4.90 Å². The Labute approximate surface area is 207 Å². The molecule has 1 fully saturated rings. The van der Waals surface area contributed by atoms with Gasteiger partial charge in [-0.05, 0) is 55.1 Å². The Morgan fingerprint density at radius 3 is 2.53 bits per heavy atom. The summed E-state index contributed by atoms with van der Waals surface area (Å²) in [5.41, 5.74) is 0.801. The van der Waals surface area contributed by atoms with Gasteiger partial charge < -0.3 is 14.5 Å². The Kier molecular flexibility index (Phi) is 7.30. The predicted molar refractivity (Wildman–Crippen MR) is 128 cm³/mol. The minimum Gasteiger partial charge on any atom is -0.462 e. The first-order valence-corrected chi connectivity index (χ1v) is 11.4. The fraction of sp³-hybridized carbons (Fsp3) is 0.120. The molecule has 0 bridgehead atoms. The van der Waals surface area contributed by atoms with Gasteiger partial charge in [0.25, 0.3) is 11.1 Å². The third-order valence-electron chi connectivity index (χ3n) is 4.96. The number of thioether (sulfide) groups is 1. The van der Waals surface area contributed by atoms with Crippen molar-refractivity contribution in [3.8, 4) is 11.3 Å². The highest BCUT2D eigenvalue weighted by Crippen LogP contribution is 2.33. The van der Waals surface area contributed by atoms with Crippen molar-refractivity contribution in [2.45, 2.75) is 6.92 Å². The minimum absolute atomic E-state index is 0.0410. The van der Waals surface area contributed by atoms with Crippen LogP contribution in [0.25, 0.3) is 17.4 Å². The summed E-state index contributed by atoms with van der Waals surface area (Å²) >= 11 is 0.628. The van der Waals surface area contributed by atoms with Crippen molar-refractivity contribution >= 4 is 46.5 Å². The second-order valence-electron chi connectivity index (χ2n) is 7.44. The molecule has 11 heteroatoms. The summed E-state index contributed by atoms with van der Waals surface area (Å²) in [4.78, 5) is 49.7. The van der Waals surface area contributed by atoms with Gasteiger partial charge in [-0.2, -0.15) is 0 Å². The maximum atomic E-state index is 13.7. The Morgan fingerprint density at radius 2 is 1.83 bits per heavy atom. The van der Waals surface area contributed by atoms with E-state index in [4.69, 9.17) is 9.15 Å². The summed E-state index contributed by atoms with van der Waals surface area (Å²) in [6.45, 7) is 1.34. The molecule has 2 heterocycles. The molecule has 4 rings (SSSR count). The summed E-state index contributed by atoms with van der Waals surface area (Å²) in [5.74, 6) is -3.00. The molecule has 1 aliphatic rings. The van der Waals surface area contributed by atoms with Gasteiger partial charge in [-0.1, -0.05) is 12.1 Å². The Bertz CT molecular complexity index is 1380. The van der Waals surface area contributed by atoms with Crippen LogP contribution in [0.5, 0.6) is 0 Å². The molecule has 0 aliphatic carbocycles. The lowest BCUT2D eigenvalue weighted by molar-refractivity contribution is -0.127. The molecule has 3 aromatic rings. The molecule has 0 atom stereocenters. The van der Waals surface area contributed by atoms with E-state index in [0.29, 0.717) is 45.4 Å². The number of hydrogen-bond acceptors (Lipinski definition) is 7. The number of benzene rings is 2. The van der Waals surface area contributed by atoms with Crippen molar-refractivity contribution in [2.75, 3.05) is 18.5 Å². The van der Waals surface area contributed by atoms with E-state index in [9.17, 15) is 28.0 Å². The monoisotopic (exact) mass is 512 g/mol. The SMILES string of the molecule is CCOC(=O)c1ccc(-c2ccc(/C=C3/SC(=O)N(CC(=O)Nc4ccc(F)cc4F)C3=O)o2)cc1. The van der Waals surface area contributed by atoms with E-state index in [1.807, 2.05) is 0 Å². The topological polar surface area (TPSA) is 106 Å². The van der Waals surface area contributed by atoms with E-state index in [1.165, 1.54) is 6.08 Å². The van der Waals surface area contributed by atoms with E-state index in [1.54, 1.807) is 43.3 Å². The van der Waals surface area contributed by atoms with Crippen LogP contribution in [0.4, 0.5) is 19.3 Å². The van der Waals surface area contributed by atoms with Crippen LogP contribution in [-0.2, 0) is 14.3 Å². The van der Waals surface area contributed by atoms with Crippen LogP contribution in [-0.4, -0.2) is 41.1 Å². The fourth-order valence-electron chi connectivity index (χ4n) is 3.26. The van der Waals surface area contributed by atoms with E-state index in [2.05, 4.69) is 5.32 Å². The van der Waals surface area contributed by atoms with Crippen LogP contribution in [0.1, 0.15) is 23.0 Å². The first-order valence-electron chi connectivity index (χ1n) is 10.6. The Balaban J connectivity index is 1.42. The molecule has 0 saturated carbocycles. The molecule has 184 valence electrons. The van der Waals surface area contributed by atoms with Gasteiger partial charge in [0.15, 0.2) is 0 Å². The van der Waals surface area contributed by atoms with E-state index < -0.39 is 41.2 Å². The number of hydrogen-bond donors (Lipinski definition) is 1. The van der Waals surface area contributed by atoms with Gasteiger partial charge in [0.1, 0.15) is 29.7 Å². The molecule has 1 aliphatic heterocycles. The third-order valence-corrected chi connectivity index (χ3v) is 5.87. The van der Waals surface area contributed by atoms with Crippen molar-refractivity contribution < 1.29 is 37.1 Å². The number of carbonyl (C=O) groups is 4. The lowest BCUT2D eigenvalue weighted by atomic mass is 10.1. The third kappa shape index (κ3) is 5.52. The van der Waals surface area contributed by atoms with Crippen LogP contribution in [0.2, 0.25) is 0 Å². The van der Waals surface area contributed by atoms with Crippen molar-refractivity contribution in [3.63, 3.8) is 0 Å². The first-order chi connectivity index (χ1) is 17.2. The number of nitrogens with one attached hydrogen (secondary N) is 1. The van der Waals surface area contributed by atoms with Crippen LogP contribution in [0.15, 0.2) is 63.9 Å². The molecule has 0 radical (unpaired) electrons. The zero-order valence-corrected chi connectivity index (χ0v) is 19.6. The smallest absolute Gasteiger partial charge is 0.338 e. The molecular weight excluding hydrogens is 494 g/mol. The quantitative estimate of drug-likeness (QED) is 0.348. The maximum absolute atomic E-state index is 13.7. The number of anilines is 1. The number of amides is 3. The molecule has 0 spiro atoms. The van der Waals surface area contributed by atoms with E-state index in [-0.39, 0.29) is 17.2 Å². The van der Waals surface area contributed by atoms with Crippen LogP contribution in [0, 0.1) is 11.6 Å². The lowest BCUT2D eigenvalue weighted by Gasteiger charge is -2.12. The first kappa shape index (κ1) is 24.9. The molecule has 3 amide bonds. The van der Waals surface area contributed by atoms with Crippen LogP contribution < -0.4 is 5.32 Å². The zero-order valence-electron chi connectivity index (χ0n) is 18.7. The van der Waals surface area contributed by atoms with Gasteiger partial charge in [-0.3, -0.25) is 19.3 Å². The normalized spacial score (nSPS) is 14.4. The van der Waals surface area contributed by atoms with Gasteiger partial charge in [-0.15, -0.1) is 0 Å². The molecule has 1 saturated heterocycles. The average molecular weight is 512 g/mol. The van der Waals surface area contributed by atoms with Gasteiger partial charge in [0.05, 0.1) is 22.8 Å². The molecule has 1 N–H and O–H groups in total.